The van der Waals surface area contributed by atoms with Crippen molar-refractivity contribution in [2.75, 3.05) is 13.0 Å². The number of nitrogens with one attached hydrogen (secondary N) is 1. The van der Waals surface area contributed by atoms with Gasteiger partial charge in [0.05, 0.1) is 12.8 Å². The fraction of sp³-hybridized carbons (Fsp3) is 0.556. The smallest absolute Gasteiger partial charge is 1.00 e. The van der Waals surface area contributed by atoms with E-state index in [0.29, 0.717) is 4.73 Å². The molecule has 0 bridgehead atoms. The van der Waals surface area contributed by atoms with E-state index in [-0.39, 0.29) is 37.6 Å². The molecule has 2 heterocycles. The topological polar surface area (TPSA) is 160 Å². The summed E-state index contributed by atoms with van der Waals surface area (Å²) < 4.78 is 21.2. The van der Waals surface area contributed by atoms with Crippen molar-refractivity contribution in [1.29, 1.82) is 0 Å². The molecule has 0 saturated carbocycles. The van der Waals surface area contributed by atoms with Crippen LogP contribution < -0.4 is 45.6 Å². The fourth-order valence-electron chi connectivity index (χ4n) is 1.59. The summed E-state index contributed by atoms with van der Waals surface area (Å²) >= 11 is 0. The third-order valence-corrected chi connectivity index (χ3v) is 3.04. The number of aromatic nitrogens is 2. The van der Waals surface area contributed by atoms with Gasteiger partial charge < -0.3 is 30.6 Å². The number of aliphatic hydroxyl groups excluding tert-OH is 1. The van der Waals surface area contributed by atoms with Crippen LogP contribution in [-0.4, -0.2) is 56.1 Å². The predicted molar refractivity (Wildman–Crippen MR) is 66.5 cm³/mol. The summed E-state index contributed by atoms with van der Waals surface area (Å²) in [5.74, 6) is 0. The number of hydrogen-bond acceptors (Lipinski definition) is 7. The molecule has 0 amide bonds. The van der Waals surface area contributed by atoms with Crippen molar-refractivity contribution in [2.45, 2.75) is 18.5 Å². The van der Waals surface area contributed by atoms with Crippen LogP contribution in [0.3, 0.4) is 0 Å². The van der Waals surface area contributed by atoms with Gasteiger partial charge in [-0.15, -0.1) is 4.73 Å². The van der Waals surface area contributed by atoms with Gasteiger partial charge >= 0.3 is 42.8 Å². The van der Waals surface area contributed by atoms with Gasteiger partial charge in [-0.1, -0.05) is 0 Å². The van der Waals surface area contributed by atoms with Crippen molar-refractivity contribution in [3.63, 3.8) is 0 Å². The van der Waals surface area contributed by atoms with Gasteiger partial charge in [-0.3, -0.25) is 14.3 Å². The third kappa shape index (κ3) is 5.30. The van der Waals surface area contributed by atoms with Crippen LogP contribution in [0.2, 0.25) is 0 Å². The van der Waals surface area contributed by atoms with Gasteiger partial charge in [0, 0.05) is 6.07 Å². The second-order valence-electron chi connectivity index (χ2n) is 4.23. The van der Waals surface area contributed by atoms with E-state index in [4.69, 9.17) is 24.1 Å². The first-order chi connectivity index (χ1) is 9.76. The Morgan fingerprint density at radius 3 is 2.77 bits per heavy atom. The van der Waals surface area contributed by atoms with Crippen molar-refractivity contribution in [1.82, 2.24) is 9.71 Å². The number of hydrogen-bond donors (Lipinski definition) is 4. The Labute approximate surface area is 146 Å². The van der Waals surface area contributed by atoms with Crippen LogP contribution in [0.25, 0.3) is 0 Å². The van der Waals surface area contributed by atoms with Gasteiger partial charge in [-0.2, -0.15) is 0 Å². The Hall–Kier alpha value is -0.490. The van der Waals surface area contributed by atoms with Crippen molar-refractivity contribution in [3.05, 3.63) is 33.1 Å². The molecule has 1 aliphatic heterocycles. The van der Waals surface area contributed by atoms with Crippen molar-refractivity contribution in [2.24, 2.45) is 0 Å². The Balaban J connectivity index is 0.00000242. The molecule has 4 N–H and O–H groups in total. The molecule has 0 aliphatic carbocycles. The minimum Gasteiger partial charge on any atom is -1.00 e. The summed E-state index contributed by atoms with van der Waals surface area (Å²) in [6.07, 6.45) is -3.49. The van der Waals surface area contributed by atoms with Gasteiger partial charge in [0.25, 0.3) is 11.8 Å². The maximum atomic E-state index is 11.4. The Morgan fingerprint density at radius 1 is 1.50 bits per heavy atom. The molecule has 1 unspecified atom stereocenters. The van der Waals surface area contributed by atoms with Gasteiger partial charge in [-0.25, -0.2) is 4.79 Å². The summed E-state index contributed by atoms with van der Waals surface area (Å²) in [4.78, 5) is 46.6. The van der Waals surface area contributed by atoms with Crippen LogP contribution in [0, 0.1) is 0 Å². The molecule has 1 aromatic heterocycles. The molecule has 1 aliphatic rings. The van der Waals surface area contributed by atoms with E-state index in [2.05, 4.69) is 0 Å². The monoisotopic (exact) mass is 348 g/mol. The molecule has 1 aromatic rings. The van der Waals surface area contributed by atoms with Crippen LogP contribution in [0.5, 0.6) is 0 Å². The van der Waals surface area contributed by atoms with Gasteiger partial charge in [0.1, 0.15) is 18.6 Å². The van der Waals surface area contributed by atoms with Crippen molar-refractivity contribution >= 4 is 7.60 Å². The second-order valence-corrected chi connectivity index (χ2v) is 5.82. The molecule has 0 radical (unpaired) electrons. The summed E-state index contributed by atoms with van der Waals surface area (Å²) in [6, 6.07) is 1.03. The SMILES string of the molecule is O=c1ccn(OC2OC[C@H](OCP(=O)(O)O)[C@H]2O)c(=O)[nH]1.[H-].[Na+]. The van der Waals surface area contributed by atoms with E-state index in [1.807, 2.05) is 4.98 Å². The summed E-state index contributed by atoms with van der Waals surface area (Å²) in [7, 11) is -4.37. The minimum absolute atomic E-state index is 0. The first-order valence-corrected chi connectivity index (χ1v) is 7.51. The molecular formula is C9H14N2NaO9P. The summed E-state index contributed by atoms with van der Waals surface area (Å²) in [5, 5.41) is 9.84. The zero-order valence-corrected chi connectivity index (χ0v) is 14.4. The number of H-pyrrole nitrogens is 1. The molecule has 13 heteroatoms. The molecule has 0 spiro atoms. The minimum atomic E-state index is -4.37. The van der Waals surface area contributed by atoms with Crippen molar-refractivity contribution in [3.8, 4) is 0 Å². The van der Waals surface area contributed by atoms with Gasteiger partial charge in [-0.05, 0) is 0 Å². The summed E-state index contributed by atoms with van der Waals surface area (Å²) in [6.45, 7) is -0.177. The number of rotatable bonds is 5. The van der Waals surface area contributed by atoms with E-state index in [1.54, 1.807) is 0 Å². The number of ether oxygens (including phenoxy) is 2. The number of aromatic amines is 1. The maximum absolute atomic E-state index is 11.4. The van der Waals surface area contributed by atoms with Crippen LogP contribution in [0.4, 0.5) is 0 Å². The molecule has 11 nitrogen and oxygen atoms in total. The largest absolute Gasteiger partial charge is 1.00 e. The molecular weight excluding hydrogens is 334 g/mol. The van der Waals surface area contributed by atoms with E-state index in [1.165, 1.54) is 0 Å². The molecule has 1 saturated heterocycles. The Bertz CT molecular complexity index is 661. The van der Waals surface area contributed by atoms with Crippen LogP contribution in [0.1, 0.15) is 1.43 Å². The molecule has 22 heavy (non-hydrogen) atoms. The number of aliphatic hydroxyl groups is 1. The van der Waals surface area contributed by atoms with Crippen LogP contribution >= 0.6 is 7.60 Å². The quantitative estimate of drug-likeness (QED) is 0.300. The fourth-order valence-corrected chi connectivity index (χ4v) is 1.98. The van der Waals surface area contributed by atoms with E-state index < -0.39 is 43.7 Å². The maximum Gasteiger partial charge on any atom is 1.00 e. The van der Waals surface area contributed by atoms with E-state index in [9.17, 15) is 19.3 Å². The van der Waals surface area contributed by atoms with Gasteiger partial charge in [0.2, 0.25) is 0 Å². The van der Waals surface area contributed by atoms with Crippen LogP contribution in [0.15, 0.2) is 21.9 Å². The first kappa shape index (κ1) is 19.6. The standard InChI is InChI=1S/C9H13N2O9P.Na.H/c12-6-1-2-11(9(14)10-6)20-8-7(13)5(3-18-8)19-4-21(15,16)17;;/h1-2,5,7-8,13H,3-4H2,(H,10,12,14)(H2,15,16,17);;/q;+1;-1/t5-,7+,8?;;/m0../s1. The second kappa shape index (κ2) is 7.86. The average molecular weight is 348 g/mol. The van der Waals surface area contributed by atoms with Crippen LogP contribution in [-0.2, 0) is 14.0 Å². The predicted octanol–water partition coefficient (Wildman–Crippen LogP) is -5.68. The van der Waals surface area contributed by atoms with E-state index >= 15 is 0 Å². The Kier molecular flexibility index (Phi) is 6.99. The van der Waals surface area contributed by atoms with Crippen molar-refractivity contribution < 1.29 is 64.8 Å². The average Bonchev–Trinajstić information content (AvgIpc) is 2.71. The Morgan fingerprint density at radius 2 is 2.18 bits per heavy atom. The van der Waals surface area contributed by atoms with E-state index in [0.717, 1.165) is 12.3 Å². The first-order valence-electron chi connectivity index (χ1n) is 5.71. The summed E-state index contributed by atoms with van der Waals surface area (Å²) in [5.41, 5.74) is -1.48. The molecule has 1 fully saturated rings. The molecule has 120 valence electrons. The number of nitrogens with zero attached hydrogens (tertiary/aromatic N) is 1. The normalized spacial score (nSPS) is 24.8. The molecule has 2 rings (SSSR count). The molecule has 0 aromatic carbocycles. The zero-order chi connectivity index (χ0) is 15.6. The third-order valence-electron chi connectivity index (χ3n) is 2.55. The zero-order valence-electron chi connectivity index (χ0n) is 12.5. The van der Waals surface area contributed by atoms with Gasteiger partial charge in [0.15, 0.2) is 0 Å². The molecule has 3 atom stereocenters.